The normalized spacial score (nSPS) is 11.2. The van der Waals surface area contributed by atoms with Gasteiger partial charge in [-0.1, -0.05) is 23.5 Å². The molecule has 5 heteroatoms. The average molecular weight is 217 g/mol. The Kier molecular flexibility index (Phi) is 1.58. The summed E-state index contributed by atoms with van der Waals surface area (Å²) >= 11 is 1.46. The van der Waals surface area contributed by atoms with E-state index in [1.54, 1.807) is 4.40 Å². The number of fused-ring (bicyclic) bond motifs is 3. The van der Waals surface area contributed by atoms with Crippen LogP contribution >= 0.6 is 11.3 Å². The van der Waals surface area contributed by atoms with Crippen LogP contribution in [0.2, 0.25) is 0 Å². The van der Waals surface area contributed by atoms with Crippen LogP contribution < -0.4 is 5.11 Å². The lowest BCUT2D eigenvalue weighted by Crippen LogP contribution is -2.22. The highest BCUT2D eigenvalue weighted by Crippen LogP contribution is 2.25. The van der Waals surface area contributed by atoms with Gasteiger partial charge in [-0.15, -0.1) is 0 Å². The molecule has 0 amide bonds. The first-order chi connectivity index (χ1) is 7.25. The first-order valence-electron chi connectivity index (χ1n) is 4.34. The number of aromatic nitrogens is 2. The van der Waals surface area contributed by atoms with Crippen molar-refractivity contribution < 1.29 is 9.90 Å². The van der Waals surface area contributed by atoms with E-state index in [-0.39, 0.29) is 5.69 Å². The predicted octanol–water partition coefficient (Wildman–Crippen LogP) is 0.912. The number of imidazole rings is 1. The average Bonchev–Trinajstić information content (AvgIpc) is 2.73. The molecule has 3 aromatic rings. The minimum Gasteiger partial charge on any atom is -0.543 e. The summed E-state index contributed by atoms with van der Waals surface area (Å²) in [5, 5.41) is 10.6. The number of carboxylic acids is 1. The molecule has 0 bridgehead atoms. The Bertz CT molecular complexity index is 668. The number of carbonyl (C=O) groups excluding carboxylic acids is 1. The Hall–Kier alpha value is -1.88. The quantitative estimate of drug-likeness (QED) is 0.608. The van der Waals surface area contributed by atoms with E-state index in [1.807, 2.05) is 24.3 Å². The molecule has 0 N–H and O–H groups in total. The number of benzene rings is 1. The summed E-state index contributed by atoms with van der Waals surface area (Å²) in [4.78, 5) is 15.3. The van der Waals surface area contributed by atoms with Crippen molar-refractivity contribution in [3.63, 3.8) is 0 Å². The van der Waals surface area contributed by atoms with Crippen LogP contribution in [0.1, 0.15) is 10.5 Å². The van der Waals surface area contributed by atoms with Crippen LogP contribution in [0.25, 0.3) is 15.2 Å². The van der Waals surface area contributed by atoms with Crippen LogP contribution in [0.4, 0.5) is 0 Å². The largest absolute Gasteiger partial charge is 0.543 e. The fraction of sp³-hybridized carbons (Fsp3) is 0. The molecule has 2 aromatic heterocycles. The second-order valence-corrected chi connectivity index (χ2v) is 4.15. The van der Waals surface area contributed by atoms with Crippen LogP contribution in [0.15, 0.2) is 30.5 Å². The number of carbonyl (C=O) groups is 1. The molecule has 0 fully saturated rings. The molecule has 2 heterocycles. The SMILES string of the molecule is O=C([O-])c1cn2c(n1)sc1ccccc12. The number of hydrogen-bond acceptors (Lipinski definition) is 4. The van der Waals surface area contributed by atoms with E-state index in [1.165, 1.54) is 17.5 Å². The predicted molar refractivity (Wildman–Crippen MR) is 54.9 cm³/mol. The van der Waals surface area contributed by atoms with Crippen molar-refractivity contribution in [2.45, 2.75) is 0 Å². The second-order valence-electron chi connectivity index (χ2n) is 3.14. The van der Waals surface area contributed by atoms with Crippen LogP contribution in [0.5, 0.6) is 0 Å². The number of para-hydroxylation sites is 1. The molecular weight excluding hydrogens is 212 g/mol. The molecule has 0 saturated carbocycles. The fourth-order valence-corrected chi connectivity index (χ4v) is 2.55. The van der Waals surface area contributed by atoms with Crippen LogP contribution in [0, 0.1) is 0 Å². The summed E-state index contributed by atoms with van der Waals surface area (Å²) in [5.41, 5.74) is 0.949. The highest BCUT2D eigenvalue weighted by atomic mass is 32.1. The molecule has 0 spiro atoms. The number of rotatable bonds is 1. The van der Waals surface area contributed by atoms with Crippen molar-refractivity contribution in [3.05, 3.63) is 36.2 Å². The molecule has 4 nitrogen and oxygen atoms in total. The number of nitrogens with zero attached hydrogens (tertiary/aromatic N) is 2. The highest BCUT2D eigenvalue weighted by Gasteiger charge is 2.07. The Morgan fingerprint density at radius 3 is 3.00 bits per heavy atom. The first-order valence-corrected chi connectivity index (χ1v) is 5.15. The molecule has 1 aromatic carbocycles. The van der Waals surface area contributed by atoms with Gasteiger partial charge in [-0.2, -0.15) is 0 Å². The zero-order valence-corrected chi connectivity index (χ0v) is 8.32. The summed E-state index contributed by atoms with van der Waals surface area (Å²) in [6.07, 6.45) is 1.49. The molecule has 3 rings (SSSR count). The monoisotopic (exact) mass is 217 g/mol. The van der Waals surface area contributed by atoms with Gasteiger partial charge in [-0.05, 0) is 12.1 Å². The molecule has 74 valence electrons. The number of carboxylic acid groups (broad SMARTS) is 1. The molecule has 0 aliphatic rings. The maximum absolute atomic E-state index is 10.6. The zero-order valence-electron chi connectivity index (χ0n) is 7.51. The highest BCUT2D eigenvalue weighted by molar-refractivity contribution is 7.23. The molecule has 0 unspecified atom stereocenters. The standard InChI is InChI=1S/C10H6N2O2S/c13-9(14)6-5-12-7-3-1-2-4-8(7)15-10(12)11-6/h1-5H,(H,13,14)/p-1. The minimum atomic E-state index is -1.24. The molecule has 0 atom stereocenters. The lowest BCUT2D eigenvalue weighted by atomic mass is 10.3. The summed E-state index contributed by atoms with van der Waals surface area (Å²) in [7, 11) is 0. The Balaban J connectivity index is 2.42. The third-order valence-corrected chi connectivity index (χ3v) is 3.24. The van der Waals surface area contributed by atoms with Crippen molar-refractivity contribution in [2.24, 2.45) is 0 Å². The lowest BCUT2D eigenvalue weighted by molar-refractivity contribution is -0.255. The van der Waals surface area contributed by atoms with E-state index in [0.29, 0.717) is 4.96 Å². The van der Waals surface area contributed by atoms with Crippen LogP contribution in [-0.4, -0.2) is 15.4 Å². The lowest BCUT2D eigenvalue weighted by Gasteiger charge is -1.92. The minimum absolute atomic E-state index is 0.0213. The van der Waals surface area contributed by atoms with Gasteiger partial charge in [0, 0.05) is 6.20 Å². The first kappa shape index (κ1) is 8.43. The zero-order chi connectivity index (χ0) is 10.4. The van der Waals surface area contributed by atoms with Crippen molar-refractivity contribution in [2.75, 3.05) is 0 Å². The molecule has 0 saturated heterocycles. The fourth-order valence-electron chi connectivity index (χ4n) is 1.55. The summed E-state index contributed by atoms with van der Waals surface area (Å²) < 4.78 is 2.86. The Morgan fingerprint density at radius 2 is 2.20 bits per heavy atom. The summed E-state index contributed by atoms with van der Waals surface area (Å²) in [5.74, 6) is -1.24. The van der Waals surface area contributed by atoms with E-state index in [2.05, 4.69) is 4.98 Å². The molecule has 0 radical (unpaired) electrons. The van der Waals surface area contributed by atoms with Gasteiger partial charge < -0.3 is 9.90 Å². The number of aromatic carboxylic acids is 1. The summed E-state index contributed by atoms with van der Waals surface area (Å²) in [6.45, 7) is 0. The smallest absolute Gasteiger partial charge is 0.195 e. The molecular formula is C10H5N2O2S-. The maximum atomic E-state index is 10.6. The van der Waals surface area contributed by atoms with Crippen LogP contribution in [-0.2, 0) is 0 Å². The molecule has 15 heavy (non-hydrogen) atoms. The van der Waals surface area contributed by atoms with E-state index in [9.17, 15) is 9.90 Å². The van der Waals surface area contributed by atoms with Gasteiger partial charge in [-0.25, -0.2) is 4.98 Å². The number of hydrogen-bond donors (Lipinski definition) is 0. The maximum Gasteiger partial charge on any atom is 0.195 e. The van der Waals surface area contributed by atoms with E-state index in [0.717, 1.165) is 10.2 Å². The van der Waals surface area contributed by atoms with Gasteiger partial charge >= 0.3 is 0 Å². The van der Waals surface area contributed by atoms with Crippen molar-refractivity contribution in [3.8, 4) is 0 Å². The third-order valence-electron chi connectivity index (χ3n) is 2.21. The van der Waals surface area contributed by atoms with E-state index < -0.39 is 5.97 Å². The van der Waals surface area contributed by atoms with Gasteiger partial charge in [0.1, 0.15) is 5.69 Å². The van der Waals surface area contributed by atoms with Gasteiger partial charge in [0.2, 0.25) is 0 Å². The van der Waals surface area contributed by atoms with E-state index in [4.69, 9.17) is 0 Å². The van der Waals surface area contributed by atoms with Crippen LogP contribution in [0.3, 0.4) is 0 Å². The number of thiazole rings is 1. The van der Waals surface area contributed by atoms with Gasteiger partial charge in [0.15, 0.2) is 4.96 Å². The Labute approximate surface area is 88.4 Å². The van der Waals surface area contributed by atoms with E-state index >= 15 is 0 Å². The molecule has 0 aliphatic heterocycles. The second kappa shape index (κ2) is 2.80. The third kappa shape index (κ3) is 1.13. The topological polar surface area (TPSA) is 57.4 Å². The van der Waals surface area contributed by atoms with Crippen molar-refractivity contribution in [1.82, 2.24) is 9.38 Å². The van der Waals surface area contributed by atoms with Crippen molar-refractivity contribution in [1.29, 1.82) is 0 Å². The van der Waals surface area contributed by atoms with Gasteiger partial charge in [0.05, 0.1) is 16.2 Å². The Morgan fingerprint density at radius 1 is 1.40 bits per heavy atom. The van der Waals surface area contributed by atoms with Crippen molar-refractivity contribution >= 4 is 32.5 Å². The van der Waals surface area contributed by atoms with Gasteiger partial charge in [-0.3, -0.25) is 4.40 Å². The molecule has 0 aliphatic carbocycles. The summed E-state index contributed by atoms with van der Waals surface area (Å²) in [6, 6.07) is 7.76. The van der Waals surface area contributed by atoms with Gasteiger partial charge in [0.25, 0.3) is 0 Å².